The maximum absolute atomic E-state index is 13.6. The second-order valence-electron chi connectivity index (χ2n) is 9.48. The van der Waals surface area contributed by atoms with Gasteiger partial charge in [-0.25, -0.2) is 9.18 Å². The highest BCUT2D eigenvalue weighted by atomic mass is 19.4. The van der Waals surface area contributed by atoms with Gasteiger partial charge in [0.15, 0.2) is 5.82 Å². The van der Waals surface area contributed by atoms with E-state index in [-0.39, 0.29) is 18.1 Å². The molecule has 3 aromatic rings. The summed E-state index contributed by atoms with van der Waals surface area (Å²) >= 11 is 0. The molecule has 3 amide bonds. The molecule has 2 heterocycles. The Bertz CT molecular complexity index is 1390. The van der Waals surface area contributed by atoms with E-state index >= 15 is 0 Å². The van der Waals surface area contributed by atoms with Crippen molar-refractivity contribution in [1.82, 2.24) is 14.8 Å². The summed E-state index contributed by atoms with van der Waals surface area (Å²) in [5, 5.41) is 14.4. The number of rotatable bonds is 6. The van der Waals surface area contributed by atoms with Crippen LogP contribution in [-0.4, -0.2) is 70.4 Å². The minimum atomic E-state index is -5.96. The number of piperazine rings is 1. The molecule has 42 heavy (non-hydrogen) atoms. The van der Waals surface area contributed by atoms with Crippen LogP contribution in [0, 0.1) is 5.82 Å². The highest BCUT2D eigenvalue weighted by molar-refractivity contribution is 6.00. The summed E-state index contributed by atoms with van der Waals surface area (Å²) in [5.74, 6) is -0.973. The zero-order valence-electron chi connectivity index (χ0n) is 21.6. The third-order valence-corrected chi connectivity index (χ3v) is 6.67. The minimum Gasteiger partial charge on any atom is -0.369 e. The fourth-order valence-electron chi connectivity index (χ4n) is 4.35. The van der Waals surface area contributed by atoms with Crippen molar-refractivity contribution >= 4 is 23.3 Å². The lowest BCUT2D eigenvalue weighted by molar-refractivity contribution is -0.376. The van der Waals surface area contributed by atoms with E-state index in [1.807, 2.05) is 4.90 Å². The highest BCUT2D eigenvalue weighted by Crippen LogP contribution is 2.50. The molecule has 0 saturated carbocycles. The standard InChI is InChI=1S/C27H24F7N5O3/c28-21-15-35-10-9-22(21)37-24(41)36-20-7-3-18(4-8-20)23(40)39-13-11-38(12-14-39)16-17-1-5-19(6-2-17)25(42,26(29,30)31)27(32,33)34/h1-10,15,42H,11-14,16H2,(H2,35,36,37,41). The van der Waals surface area contributed by atoms with E-state index in [1.165, 1.54) is 36.5 Å². The fraction of sp³-hybridized carbons (Fsp3) is 0.296. The molecule has 0 atom stereocenters. The Hall–Kier alpha value is -4.24. The number of halogens is 7. The number of nitrogens with zero attached hydrogens (tertiary/aromatic N) is 3. The van der Waals surface area contributed by atoms with Crippen molar-refractivity contribution in [2.75, 3.05) is 36.8 Å². The summed E-state index contributed by atoms with van der Waals surface area (Å²) in [5.41, 5.74) is -5.22. The SMILES string of the molecule is O=C(Nc1ccc(C(=O)N2CCN(Cc3ccc(C(O)(C(F)(F)F)C(F)(F)F)cc3)CC2)cc1)Nc1ccncc1F. The van der Waals surface area contributed by atoms with Crippen LogP contribution in [0.15, 0.2) is 67.0 Å². The molecule has 8 nitrogen and oxygen atoms in total. The predicted octanol–water partition coefficient (Wildman–Crippen LogP) is 5.13. The van der Waals surface area contributed by atoms with Crippen LogP contribution >= 0.6 is 0 Å². The van der Waals surface area contributed by atoms with E-state index in [2.05, 4.69) is 15.6 Å². The van der Waals surface area contributed by atoms with Gasteiger partial charge in [0.05, 0.1) is 11.9 Å². The van der Waals surface area contributed by atoms with Crippen LogP contribution in [0.3, 0.4) is 0 Å². The second kappa shape index (κ2) is 11.9. The molecule has 4 rings (SSSR count). The Kier molecular flexibility index (Phi) is 8.73. The van der Waals surface area contributed by atoms with E-state index in [9.17, 15) is 45.4 Å². The van der Waals surface area contributed by atoms with Crippen LogP contribution in [0.5, 0.6) is 0 Å². The number of benzene rings is 2. The molecule has 2 aromatic carbocycles. The van der Waals surface area contributed by atoms with Crippen LogP contribution in [0.1, 0.15) is 21.5 Å². The zero-order chi connectivity index (χ0) is 30.7. The maximum atomic E-state index is 13.6. The number of aromatic nitrogens is 1. The first-order chi connectivity index (χ1) is 19.7. The molecule has 3 N–H and O–H groups in total. The number of anilines is 2. The van der Waals surface area contributed by atoms with Crippen molar-refractivity contribution in [3.8, 4) is 0 Å². The highest BCUT2D eigenvalue weighted by Gasteiger charge is 2.71. The second-order valence-corrected chi connectivity index (χ2v) is 9.48. The molecule has 224 valence electrons. The molecule has 0 unspecified atom stereocenters. The summed E-state index contributed by atoms with van der Waals surface area (Å²) < 4.78 is 92.2. The Morgan fingerprint density at radius 2 is 1.43 bits per heavy atom. The van der Waals surface area contributed by atoms with Crippen molar-refractivity contribution < 1.29 is 45.4 Å². The smallest absolute Gasteiger partial charge is 0.369 e. The van der Waals surface area contributed by atoms with Crippen LogP contribution in [0.25, 0.3) is 0 Å². The lowest BCUT2D eigenvalue weighted by Gasteiger charge is -2.35. The van der Waals surface area contributed by atoms with E-state index in [4.69, 9.17) is 0 Å². The van der Waals surface area contributed by atoms with Crippen molar-refractivity contribution in [3.63, 3.8) is 0 Å². The van der Waals surface area contributed by atoms with E-state index in [1.54, 1.807) is 4.90 Å². The summed E-state index contributed by atoms with van der Waals surface area (Å²) in [7, 11) is 0. The van der Waals surface area contributed by atoms with Crippen LogP contribution < -0.4 is 10.6 Å². The van der Waals surface area contributed by atoms with Crippen molar-refractivity contribution in [3.05, 3.63) is 89.5 Å². The Morgan fingerprint density at radius 3 is 1.98 bits per heavy atom. The third kappa shape index (κ3) is 6.62. The molecule has 0 radical (unpaired) electrons. The van der Waals surface area contributed by atoms with Crippen LogP contribution in [0.4, 0.5) is 46.9 Å². The van der Waals surface area contributed by atoms with Gasteiger partial charge in [-0.2, -0.15) is 26.3 Å². The largest absolute Gasteiger partial charge is 0.430 e. The Morgan fingerprint density at radius 1 is 0.833 bits per heavy atom. The molecule has 1 aromatic heterocycles. The van der Waals surface area contributed by atoms with Crippen molar-refractivity contribution in [1.29, 1.82) is 0 Å². The first-order valence-corrected chi connectivity index (χ1v) is 12.4. The number of aliphatic hydroxyl groups is 1. The number of nitrogens with one attached hydrogen (secondary N) is 2. The van der Waals surface area contributed by atoms with Gasteiger partial charge < -0.3 is 20.6 Å². The fourth-order valence-corrected chi connectivity index (χ4v) is 4.35. The summed E-state index contributed by atoms with van der Waals surface area (Å²) in [6, 6.07) is 10.1. The monoisotopic (exact) mass is 599 g/mol. The van der Waals surface area contributed by atoms with Gasteiger partial charge in [-0.3, -0.25) is 14.7 Å². The molecule has 1 fully saturated rings. The number of alkyl halides is 6. The molecule has 0 spiro atoms. The first-order valence-electron chi connectivity index (χ1n) is 12.4. The normalized spacial score (nSPS) is 14.9. The number of hydrogen-bond acceptors (Lipinski definition) is 5. The Labute approximate surface area is 234 Å². The predicted molar refractivity (Wildman–Crippen MR) is 137 cm³/mol. The van der Waals surface area contributed by atoms with Crippen LogP contribution in [0.2, 0.25) is 0 Å². The number of carbonyl (C=O) groups is 2. The summed E-state index contributed by atoms with van der Waals surface area (Å²) in [4.78, 5) is 32.1. The molecule has 1 aliphatic rings. The average molecular weight is 600 g/mol. The maximum Gasteiger partial charge on any atom is 0.430 e. The lowest BCUT2D eigenvalue weighted by atomic mass is 9.91. The van der Waals surface area contributed by atoms with Crippen LogP contribution in [-0.2, 0) is 12.1 Å². The van der Waals surface area contributed by atoms with Gasteiger partial charge in [-0.15, -0.1) is 0 Å². The number of urea groups is 1. The van der Waals surface area contributed by atoms with Gasteiger partial charge in [0.25, 0.3) is 11.5 Å². The quantitative estimate of drug-likeness (QED) is 0.342. The Balaban J connectivity index is 1.29. The third-order valence-electron chi connectivity index (χ3n) is 6.67. The van der Waals surface area contributed by atoms with Gasteiger partial charge in [-0.1, -0.05) is 24.3 Å². The molecule has 0 bridgehead atoms. The molecule has 1 saturated heterocycles. The van der Waals surface area contributed by atoms with Gasteiger partial charge in [0, 0.05) is 55.7 Å². The van der Waals surface area contributed by atoms with E-state index in [0.717, 1.165) is 18.3 Å². The number of pyridine rings is 1. The summed E-state index contributed by atoms with van der Waals surface area (Å²) in [6.07, 6.45) is -9.64. The van der Waals surface area contributed by atoms with E-state index in [0.29, 0.717) is 55.1 Å². The molecule has 1 aliphatic heterocycles. The number of carbonyl (C=O) groups excluding carboxylic acids is 2. The van der Waals surface area contributed by atoms with Gasteiger partial charge in [-0.05, 0) is 35.9 Å². The molecule has 0 aliphatic carbocycles. The zero-order valence-corrected chi connectivity index (χ0v) is 21.6. The number of hydrogen-bond donors (Lipinski definition) is 3. The molecular weight excluding hydrogens is 575 g/mol. The van der Waals surface area contributed by atoms with Gasteiger partial charge in [0.1, 0.15) is 0 Å². The summed E-state index contributed by atoms with van der Waals surface area (Å²) in [6.45, 7) is 1.64. The van der Waals surface area contributed by atoms with Gasteiger partial charge >= 0.3 is 18.4 Å². The first kappa shape index (κ1) is 30.7. The van der Waals surface area contributed by atoms with Crippen molar-refractivity contribution in [2.45, 2.75) is 24.5 Å². The topological polar surface area (TPSA) is 97.8 Å². The molecule has 15 heteroatoms. The van der Waals surface area contributed by atoms with Gasteiger partial charge in [0.2, 0.25) is 0 Å². The average Bonchev–Trinajstić information content (AvgIpc) is 2.93. The minimum absolute atomic E-state index is 0.0550. The lowest BCUT2D eigenvalue weighted by Crippen LogP contribution is -2.53. The molecular formula is C27H24F7N5O3. The van der Waals surface area contributed by atoms with Crippen molar-refractivity contribution in [2.24, 2.45) is 0 Å². The number of amides is 3. The van der Waals surface area contributed by atoms with E-state index < -0.39 is 35.4 Å².